The lowest BCUT2D eigenvalue weighted by Crippen LogP contribution is -2.28. The van der Waals surface area contributed by atoms with Crippen LogP contribution < -0.4 is 10.4 Å². The zero-order chi connectivity index (χ0) is 21.8. The highest BCUT2D eigenvalue weighted by atomic mass is 32.2. The Hall–Kier alpha value is -3.27. The lowest BCUT2D eigenvalue weighted by Gasteiger charge is -2.19. The van der Waals surface area contributed by atoms with E-state index in [4.69, 9.17) is 9.15 Å². The topological polar surface area (TPSA) is 106 Å². The molecule has 9 nitrogen and oxygen atoms in total. The van der Waals surface area contributed by atoms with Gasteiger partial charge in [0.1, 0.15) is 17.6 Å². The Labute approximate surface area is 183 Å². The lowest BCUT2D eigenvalue weighted by atomic mass is 10.0. The molecule has 1 atom stereocenters. The van der Waals surface area contributed by atoms with Crippen molar-refractivity contribution in [2.75, 3.05) is 12.9 Å². The molecule has 0 bridgehead atoms. The van der Waals surface area contributed by atoms with Crippen molar-refractivity contribution in [3.8, 4) is 5.75 Å². The highest BCUT2D eigenvalue weighted by Crippen LogP contribution is 2.34. The molecule has 1 aromatic carbocycles. The molecule has 31 heavy (non-hydrogen) atoms. The molecule has 3 heterocycles. The van der Waals surface area contributed by atoms with Crippen LogP contribution in [0.5, 0.6) is 5.75 Å². The zero-order valence-corrected chi connectivity index (χ0v) is 18.1. The summed E-state index contributed by atoms with van der Waals surface area (Å²) in [5.74, 6) is 1.35. The van der Waals surface area contributed by atoms with E-state index in [1.165, 1.54) is 21.3 Å². The summed E-state index contributed by atoms with van der Waals surface area (Å²) in [5.41, 5.74) is 1.45. The van der Waals surface area contributed by atoms with Crippen LogP contribution in [0.3, 0.4) is 0 Å². The van der Waals surface area contributed by atoms with Gasteiger partial charge in [0.2, 0.25) is 0 Å². The van der Waals surface area contributed by atoms with Crippen molar-refractivity contribution >= 4 is 23.4 Å². The molecule has 0 saturated heterocycles. The van der Waals surface area contributed by atoms with Crippen molar-refractivity contribution in [3.63, 3.8) is 0 Å². The van der Waals surface area contributed by atoms with Crippen molar-refractivity contribution < 1.29 is 13.9 Å². The Morgan fingerprint density at radius 2 is 2.13 bits per heavy atom. The van der Waals surface area contributed by atoms with Gasteiger partial charge in [-0.3, -0.25) is 9.36 Å². The number of aromatic amines is 1. The number of nitrogens with zero attached hydrogens (tertiary/aromatic N) is 4. The number of ether oxygens (including phenoxy) is 1. The molecular weight excluding hydrogens is 418 g/mol. The molecule has 0 radical (unpaired) electrons. The first-order chi connectivity index (χ1) is 15.1. The number of amides is 1. The van der Waals surface area contributed by atoms with Crippen LogP contribution in [-0.4, -0.2) is 44.3 Å². The summed E-state index contributed by atoms with van der Waals surface area (Å²) in [4.78, 5) is 25.0. The number of furan rings is 1. The third-order valence-electron chi connectivity index (χ3n) is 4.96. The van der Waals surface area contributed by atoms with E-state index in [1.807, 2.05) is 37.3 Å². The standard InChI is InChI=1S/C21H23N5O4S/c1-3-10-25-20(28)22-23-21(25)31-13-19(27)26-17(18-5-4-11-30-18)12-16(24-26)14-6-8-15(29-2)9-7-14/h4-9,11,17H,3,10,12-13H2,1-2H3,(H,22,28)/t17-/m1/s1. The van der Waals surface area contributed by atoms with Crippen molar-refractivity contribution in [2.24, 2.45) is 5.10 Å². The van der Waals surface area contributed by atoms with Crippen LogP contribution in [0.2, 0.25) is 0 Å². The monoisotopic (exact) mass is 441 g/mol. The molecule has 2 aromatic heterocycles. The number of aromatic nitrogens is 3. The second-order valence-electron chi connectivity index (χ2n) is 7.00. The van der Waals surface area contributed by atoms with E-state index in [0.717, 1.165) is 23.4 Å². The normalized spacial score (nSPS) is 15.9. The Kier molecular flexibility index (Phi) is 6.26. The van der Waals surface area contributed by atoms with E-state index in [0.29, 0.717) is 23.9 Å². The summed E-state index contributed by atoms with van der Waals surface area (Å²) in [6.07, 6.45) is 2.92. The molecule has 0 unspecified atom stereocenters. The number of hydrogen-bond donors (Lipinski definition) is 1. The molecule has 0 spiro atoms. The average molecular weight is 442 g/mol. The maximum absolute atomic E-state index is 13.1. The van der Waals surface area contributed by atoms with Gasteiger partial charge in [-0.1, -0.05) is 18.7 Å². The fourth-order valence-corrected chi connectivity index (χ4v) is 4.25. The second-order valence-corrected chi connectivity index (χ2v) is 7.94. The number of methoxy groups -OCH3 is 1. The van der Waals surface area contributed by atoms with Gasteiger partial charge in [-0.05, 0) is 48.4 Å². The maximum atomic E-state index is 13.1. The van der Waals surface area contributed by atoms with Crippen molar-refractivity contribution in [1.82, 2.24) is 19.8 Å². The lowest BCUT2D eigenvalue weighted by molar-refractivity contribution is -0.130. The molecule has 1 aliphatic heterocycles. The van der Waals surface area contributed by atoms with Crippen LogP contribution in [0.1, 0.15) is 37.1 Å². The van der Waals surface area contributed by atoms with Gasteiger partial charge in [0, 0.05) is 13.0 Å². The van der Waals surface area contributed by atoms with Crippen molar-refractivity contribution in [3.05, 3.63) is 64.5 Å². The SMILES string of the molecule is CCCn1c(SCC(=O)N2N=C(c3ccc(OC)cc3)C[C@@H]2c2ccco2)n[nH]c1=O. The first-order valence-corrected chi connectivity index (χ1v) is 10.9. The van der Waals surface area contributed by atoms with Crippen LogP contribution in [0, 0.1) is 0 Å². The van der Waals surface area contributed by atoms with E-state index in [2.05, 4.69) is 15.3 Å². The molecule has 162 valence electrons. The van der Waals surface area contributed by atoms with Gasteiger partial charge >= 0.3 is 5.69 Å². The number of hydrazone groups is 1. The highest BCUT2D eigenvalue weighted by molar-refractivity contribution is 7.99. The Bertz CT molecular complexity index is 1120. The smallest absolute Gasteiger partial charge is 0.343 e. The maximum Gasteiger partial charge on any atom is 0.343 e. The van der Waals surface area contributed by atoms with Gasteiger partial charge in [-0.25, -0.2) is 14.9 Å². The average Bonchev–Trinajstić information content (AvgIpc) is 3.53. The summed E-state index contributed by atoms with van der Waals surface area (Å²) in [6, 6.07) is 10.9. The quantitative estimate of drug-likeness (QED) is 0.539. The summed E-state index contributed by atoms with van der Waals surface area (Å²) in [7, 11) is 1.62. The molecule has 0 saturated carbocycles. The molecule has 0 fully saturated rings. The van der Waals surface area contributed by atoms with Gasteiger partial charge < -0.3 is 9.15 Å². The molecule has 1 N–H and O–H groups in total. The van der Waals surface area contributed by atoms with E-state index in [-0.39, 0.29) is 23.4 Å². The predicted octanol–water partition coefficient (Wildman–Crippen LogP) is 3.05. The Morgan fingerprint density at radius 1 is 1.32 bits per heavy atom. The van der Waals surface area contributed by atoms with Gasteiger partial charge in [0.15, 0.2) is 5.16 Å². The van der Waals surface area contributed by atoms with Crippen molar-refractivity contribution in [1.29, 1.82) is 0 Å². The number of hydrogen-bond acceptors (Lipinski definition) is 7. The Morgan fingerprint density at radius 3 is 2.81 bits per heavy atom. The molecule has 4 rings (SSSR count). The van der Waals surface area contributed by atoms with Crippen LogP contribution in [0.15, 0.2) is 62.1 Å². The largest absolute Gasteiger partial charge is 0.497 e. The van der Waals surface area contributed by atoms with E-state index in [9.17, 15) is 9.59 Å². The van der Waals surface area contributed by atoms with Crippen LogP contribution >= 0.6 is 11.8 Å². The molecule has 3 aromatic rings. The van der Waals surface area contributed by atoms with E-state index >= 15 is 0 Å². The van der Waals surface area contributed by atoms with Gasteiger partial charge in [0.05, 0.1) is 24.8 Å². The summed E-state index contributed by atoms with van der Waals surface area (Å²) >= 11 is 1.22. The van der Waals surface area contributed by atoms with E-state index < -0.39 is 0 Å². The fraction of sp³-hybridized carbons (Fsp3) is 0.333. The minimum atomic E-state index is -0.322. The first kappa shape index (κ1) is 21.0. The third kappa shape index (κ3) is 4.43. The van der Waals surface area contributed by atoms with Crippen LogP contribution in [0.25, 0.3) is 0 Å². The van der Waals surface area contributed by atoms with Crippen molar-refractivity contribution in [2.45, 2.75) is 37.5 Å². The van der Waals surface area contributed by atoms with Gasteiger partial charge in [0.25, 0.3) is 5.91 Å². The van der Waals surface area contributed by atoms with E-state index in [1.54, 1.807) is 19.4 Å². The minimum Gasteiger partial charge on any atom is -0.497 e. The minimum absolute atomic E-state index is 0.102. The molecule has 10 heteroatoms. The summed E-state index contributed by atoms with van der Waals surface area (Å²) < 4.78 is 12.3. The first-order valence-electron chi connectivity index (χ1n) is 9.96. The van der Waals surface area contributed by atoms with Gasteiger partial charge in [-0.2, -0.15) is 5.10 Å². The fourth-order valence-electron chi connectivity index (χ4n) is 3.43. The molecule has 1 aliphatic rings. The number of H-pyrrole nitrogens is 1. The zero-order valence-electron chi connectivity index (χ0n) is 17.3. The highest BCUT2D eigenvalue weighted by Gasteiger charge is 2.35. The molecule has 1 amide bonds. The van der Waals surface area contributed by atoms with Crippen LogP contribution in [0.4, 0.5) is 0 Å². The second kappa shape index (κ2) is 9.25. The number of rotatable bonds is 8. The number of nitrogens with one attached hydrogen (secondary N) is 1. The van der Waals surface area contributed by atoms with Gasteiger partial charge in [-0.15, -0.1) is 5.10 Å². The Balaban J connectivity index is 1.54. The molecule has 0 aliphatic carbocycles. The number of thioether (sulfide) groups is 1. The summed E-state index contributed by atoms with van der Waals surface area (Å²) in [6.45, 7) is 2.52. The molecular formula is C21H23N5O4S. The predicted molar refractivity (Wildman–Crippen MR) is 116 cm³/mol. The number of benzene rings is 1. The number of carbonyl (C=O) groups excluding carboxylic acids is 1. The number of carbonyl (C=O) groups is 1. The summed E-state index contributed by atoms with van der Waals surface area (Å²) in [5, 5.41) is 13.1. The third-order valence-corrected chi connectivity index (χ3v) is 5.92. The van der Waals surface area contributed by atoms with Crippen LogP contribution in [-0.2, 0) is 11.3 Å².